The minimum absolute atomic E-state index is 0.0162. The lowest BCUT2D eigenvalue weighted by Crippen LogP contribution is -2.51. The number of anilines is 1. The zero-order chi connectivity index (χ0) is 32.6. The molecule has 5 N–H and O–H groups in total. The fourth-order valence-electron chi connectivity index (χ4n) is 7.09. The third-order valence-electron chi connectivity index (χ3n) is 10.1. The van der Waals surface area contributed by atoms with E-state index in [9.17, 15) is 29.1 Å². The summed E-state index contributed by atoms with van der Waals surface area (Å²) < 4.78 is 1.55. The number of amides is 4. The van der Waals surface area contributed by atoms with E-state index in [0.29, 0.717) is 57.3 Å². The smallest absolute Gasteiger partial charge is 0.335 e. The number of nitrogens with zero attached hydrogens (tertiary/aromatic N) is 3. The zero-order valence-electron chi connectivity index (χ0n) is 26.8. The van der Waals surface area contributed by atoms with Crippen LogP contribution in [0.5, 0.6) is 0 Å². The Morgan fingerprint density at radius 3 is 2.31 bits per heavy atom. The highest BCUT2D eigenvalue weighted by Gasteiger charge is 2.48. The average molecular weight is 628 g/mol. The predicted octanol–water partition coefficient (Wildman–Crippen LogP) is 3.90. The maximum atomic E-state index is 13.9. The number of carboxylic acid groups (broad SMARTS) is 1. The Kier molecular flexibility index (Phi) is 11.4. The molecule has 45 heavy (non-hydrogen) atoms. The summed E-state index contributed by atoms with van der Waals surface area (Å²) in [5, 5.41) is 26.3. The number of hydrogen-bond acceptors (Lipinski definition) is 7. The average Bonchev–Trinajstić information content (AvgIpc) is 3.61. The van der Waals surface area contributed by atoms with Gasteiger partial charge in [-0.2, -0.15) is 10.2 Å². The van der Waals surface area contributed by atoms with Crippen LogP contribution in [-0.4, -0.2) is 62.8 Å². The molecule has 0 bridgehead atoms. The van der Waals surface area contributed by atoms with Crippen molar-refractivity contribution in [1.82, 2.24) is 25.8 Å². The molecule has 3 aliphatic rings. The molecule has 0 saturated heterocycles. The van der Waals surface area contributed by atoms with Crippen molar-refractivity contribution < 1.29 is 29.1 Å². The fourth-order valence-corrected chi connectivity index (χ4v) is 7.09. The predicted molar refractivity (Wildman–Crippen MR) is 168 cm³/mol. The van der Waals surface area contributed by atoms with Gasteiger partial charge in [-0.05, 0) is 69.1 Å². The van der Waals surface area contributed by atoms with E-state index in [0.717, 1.165) is 32.1 Å². The summed E-state index contributed by atoms with van der Waals surface area (Å²) in [6, 6.07) is 0.401. The minimum Gasteiger partial charge on any atom is -0.481 e. The summed E-state index contributed by atoms with van der Waals surface area (Å²) in [4.78, 5) is 64.1. The number of urea groups is 1. The highest BCUT2D eigenvalue weighted by atomic mass is 16.4. The van der Waals surface area contributed by atoms with E-state index >= 15 is 0 Å². The second-order valence-electron chi connectivity index (χ2n) is 13.6. The molecule has 4 rings (SSSR count). The molecule has 0 unspecified atom stereocenters. The van der Waals surface area contributed by atoms with Crippen molar-refractivity contribution in [1.29, 1.82) is 0 Å². The molecule has 0 aliphatic heterocycles. The van der Waals surface area contributed by atoms with E-state index in [4.69, 9.17) is 0 Å². The summed E-state index contributed by atoms with van der Waals surface area (Å²) in [6.07, 6.45) is 11.2. The van der Waals surface area contributed by atoms with Crippen molar-refractivity contribution >= 4 is 41.1 Å². The van der Waals surface area contributed by atoms with Crippen LogP contribution in [0, 0.1) is 22.7 Å². The first kappa shape index (κ1) is 34.1. The minimum atomic E-state index is -0.899. The van der Waals surface area contributed by atoms with Crippen LogP contribution in [-0.2, 0) is 26.2 Å². The molecule has 3 aliphatic carbocycles. The summed E-state index contributed by atoms with van der Waals surface area (Å²) in [6.45, 7) is 4.29. The van der Waals surface area contributed by atoms with Crippen LogP contribution in [0.4, 0.5) is 10.6 Å². The number of hydrazone groups is 1. The highest BCUT2D eigenvalue weighted by Crippen LogP contribution is 2.47. The lowest BCUT2D eigenvalue weighted by atomic mass is 9.61. The van der Waals surface area contributed by atoms with Gasteiger partial charge in [0.05, 0.1) is 12.0 Å². The third-order valence-corrected chi connectivity index (χ3v) is 10.1. The van der Waals surface area contributed by atoms with E-state index in [1.165, 1.54) is 0 Å². The van der Waals surface area contributed by atoms with Gasteiger partial charge in [0.25, 0.3) is 5.91 Å². The molecule has 1 aromatic heterocycles. The topological polar surface area (TPSA) is 184 Å². The number of ketones is 1. The van der Waals surface area contributed by atoms with Crippen molar-refractivity contribution in [2.75, 3.05) is 11.9 Å². The van der Waals surface area contributed by atoms with Gasteiger partial charge in [-0.25, -0.2) is 10.2 Å². The van der Waals surface area contributed by atoms with Crippen molar-refractivity contribution in [2.24, 2.45) is 34.8 Å². The van der Waals surface area contributed by atoms with Crippen molar-refractivity contribution in [3.8, 4) is 0 Å². The molecule has 13 heteroatoms. The van der Waals surface area contributed by atoms with Gasteiger partial charge in [-0.1, -0.05) is 33.1 Å². The van der Waals surface area contributed by atoms with E-state index in [-0.39, 0.29) is 47.5 Å². The first-order chi connectivity index (χ1) is 21.4. The van der Waals surface area contributed by atoms with Crippen molar-refractivity contribution in [3.63, 3.8) is 0 Å². The lowest BCUT2D eigenvalue weighted by molar-refractivity contribution is -0.143. The van der Waals surface area contributed by atoms with Crippen molar-refractivity contribution in [2.45, 2.75) is 110 Å². The Bertz CT molecular complexity index is 1270. The second kappa shape index (κ2) is 15.0. The molecular weight excluding hydrogens is 578 g/mol. The Hall–Kier alpha value is -3.77. The molecule has 248 valence electrons. The largest absolute Gasteiger partial charge is 0.481 e. The van der Waals surface area contributed by atoms with E-state index in [1.54, 1.807) is 30.9 Å². The Balaban J connectivity index is 1.49. The monoisotopic (exact) mass is 627 g/mol. The number of carbonyl (C=O) groups is 5. The normalized spacial score (nSPS) is 22.9. The maximum absolute atomic E-state index is 13.9. The SMILES string of the molecule is CCC(=O)N[C@@H](CC1(C)CCCC1)C(=O)CC1(/C(=N/NC(=O)NCC2CCC(C(=O)O)CC2)C(=O)Nc2ccn(C)n2)CCC1. The van der Waals surface area contributed by atoms with Crippen molar-refractivity contribution in [3.05, 3.63) is 12.3 Å². The number of aryl methyl sites for hydroxylation is 1. The van der Waals surface area contributed by atoms with E-state index in [2.05, 4.69) is 38.5 Å². The molecule has 4 amide bonds. The van der Waals surface area contributed by atoms with Crippen LogP contribution in [0.1, 0.15) is 104 Å². The number of carbonyl (C=O) groups excluding carboxylic acids is 4. The molecular formula is C32H49N7O6. The number of Topliss-reactive ketones (excluding diaryl/α,β-unsaturated/α-hetero) is 1. The van der Waals surface area contributed by atoms with Crippen LogP contribution in [0.15, 0.2) is 17.4 Å². The zero-order valence-corrected chi connectivity index (χ0v) is 26.8. The lowest BCUT2D eigenvalue weighted by Gasteiger charge is -2.42. The van der Waals surface area contributed by atoms with Gasteiger partial charge in [0.2, 0.25) is 5.91 Å². The number of hydrogen-bond donors (Lipinski definition) is 5. The van der Waals surface area contributed by atoms with Gasteiger partial charge in [0, 0.05) is 44.1 Å². The van der Waals surface area contributed by atoms with Gasteiger partial charge in [-0.15, -0.1) is 0 Å². The molecule has 1 atom stereocenters. The summed E-state index contributed by atoms with van der Waals surface area (Å²) in [5.41, 5.74) is 1.60. The molecule has 1 aromatic rings. The molecule has 1 heterocycles. The van der Waals surface area contributed by atoms with Gasteiger partial charge in [0.1, 0.15) is 5.71 Å². The number of aromatic nitrogens is 2. The molecule has 3 saturated carbocycles. The number of nitrogens with one attached hydrogen (secondary N) is 4. The van der Waals surface area contributed by atoms with Crippen LogP contribution in [0.25, 0.3) is 0 Å². The Labute approximate surface area is 264 Å². The van der Waals surface area contributed by atoms with E-state index < -0.39 is 29.4 Å². The quantitative estimate of drug-likeness (QED) is 0.153. The first-order valence-corrected chi connectivity index (χ1v) is 16.4. The van der Waals surface area contributed by atoms with Gasteiger partial charge >= 0.3 is 12.0 Å². The highest BCUT2D eigenvalue weighted by molar-refractivity contribution is 6.45. The molecule has 0 spiro atoms. The van der Waals surface area contributed by atoms with Crippen LogP contribution < -0.4 is 21.4 Å². The van der Waals surface area contributed by atoms with Gasteiger partial charge in [-0.3, -0.25) is 23.9 Å². The first-order valence-electron chi connectivity index (χ1n) is 16.4. The Morgan fingerprint density at radius 2 is 1.76 bits per heavy atom. The maximum Gasteiger partial charge on any atom is 0.335 e. The number of carboxylic acids is 1. The van der Waals surface area contributed by atoms with Gasteiger partial charge < -0.3 is 21.1 Å². The molecule has 13 nitrogen and oxygen atoms in total. The molecule has 3 fully saturated rings. The Morgan fingerprint density at radius 1 is 1.07 bits per heavy atom. The molecule has 0 radical (unpaired) electrons. The standard InChI is InChI=1S/C32H49N7O6/c1-4-26(41)34-23(18-31(2)13-5-6-14-31)24(40)19-32(15-7-16-32)27(28(42)35-25-12-17-39(3)38-25)36-37-30(45)33-20-21-8-10-22(11-9-21)29(43)44/h12,17,21-23H,4-11,13-16,18-20H2,1-3H3,(H,34,41)(H,43,44)(H2,33,37,45)(H,35,38,42)/b36-27+/t21?,22?,23-/m0/s1. The fraction of sp³-hybridized carbons (Fsp3) is 0.719. The number of aliphatic carboxylic acids is 1. The number of rotatable bonds is 14. The summed E-state index contributed by atoms with van der Waals surface area (Å²) >= 11 is 0. The van der Waals surface area contributed by atoms with Crippen LogP contribution in [0.3, 0.4) is 0 Å². The summed E-state index contributed by atoms with van der Waals surface area (Å²) in [7, 11) is 1.73. The van der Waals surface area contributed by atoms with E-state index in [1.807, 2.05) is 0 Å². The van der Waals surface area contributed by atoms with Gasteiger partial charge in [0.15, 0.2) is 11.6 Å². The van der Waals surface area contributed by atoms with Crippen LogP contribution >= 0.6 is 0 Å². The summed E-state index contributed by atoms with van der Waals surface area (Å²) in [5.74, 6) is -1.50. The second-order valence-corrected chi connectivity index (χ2v) is 13.6. The molecule has 0 aromatic carbocycles. The van der Waals surface area contributed by atoms with Crippen LogP contribution in [0.2, 0.25) is 0 Å². The third kappa shape index (κ3) is 9.13.